The minimum Gasteiger partial charge on any atom is -0.383 e. The largest absolute Gasteiger partial charge is 0.383 e. The lowest BCUT2D eigenvalue weighted by Gasteiger charge is -2.16. The molecule has 1 aromatic heterocycles. The first-order valence-corrected chi connectivity index (χ1v) is 10.1. The van der Waals surface area contributed by atoms with Crippen molar-refractivity contribution in [2.45, 2.75) is 17.2 Å². The lowest BCUT2D eigenvalue weighted by molar-refractivity contribution is -0.115. The highest BCUT2D eigenvalue weighted by Gasteiger charge is 2.24. The van der Waals surface area contributed by atoms with E-state index in [9.17, 15) is 15.3 Å². The molecule has 1 heterocycles. The number of nitrogens with two attached hydrogens (primary N) is 1. The van der Waals surface area contributed by atoms with E-state index in [1.807, 2.05) is 24.3 Å². The predicted octanol–water partition coefficient (Wildman–Crippen LogP) is 4.85. The molecule has 1 unspecified atom stereocenters. The third-order valence-electron chi connectivity index (χ3n) is 4.25. The van der Waals surface area contributed by atoms with Gasteiger partial charge in [-0.2, -0.15) is 10.5 Å². The Hall–Kier alpha value is -3.52. The van der Waals surface area contributed by atoms with Crippen molar-refractivity contribution in [2.75, 3.05) is 11.1 Å². The Morgan fingerprint density at radius 2 is 1.73 bits per heavy atom. The zero-order valence-corrected chi connectivity index (χ0v) is 17.5. The van der Waals surface area contributed by atoms with Gasteiger partial charge in [-0.15, -0.1) is 0 Å². The van der Waals surface area contributed by atoms with E-state index in [2.05, 4.69) is 16.4 Å². The monoisotopic (exact) mass is 433 g/mol. The molecule has 30 heavy (non-hydrogen) atoms. The van der Waals surface area contributed by atoms with Crippen LogP contribution in [0.15, 0.2) is 59.6 Å². The van der Waals surface area contributed by atoms with Gasteiger partial charge in [-0.3, -0.25) is 4.79 Å². The maximum Gasteiger partial charge on any atom is 0.237 e. The van der Waals surface area contributed by atoms with Crippen molar-refractivity contribution in [1.82, 2.24) is 4.98 Å². The van der Waals surface area contributed by atoms with Gasteiger partial charge in [0.05, 0.1) is 10.8 Å². The Labute approximate surface area is 183 Å². The topological polar surface area (TPSA) is 116 Å². The molecule has 0 aliphatic heterocycles. The second-order valence-electron chi connectivity index (χ2n) is 6.27. The first-order chi connectivity index (χ1) is 14.4. The first kappa shape index (κ1) is 21.2. The van der Waals surface area contributed by atoms with Crippen molar-refractivity contribution in [3.8, 4) is 23.3 Å². The van der Waals surface area contributed by atoms with Crippen LogP contribution < -0.4 is 11.1 Å². The molecular weight excluding hydrogens is 418 g/mol. The molecule has 1 atom stereocenters. The van der Waals surface area contributed by atoms with Crippen LogP contribution in [0.3, 0.4) is 0 Å². The predicted molar refractivity (Wildman–Crippen MR) is 119 cm³/mol. The normalized spacial score (nSPS) is 11.2. The molecule has 0 saturated heterocycles. The molecule has 8 heteroatoms. The Kier molecular flexibility index (Phi) is 6.58. The van der Waals surface area contributed by atoms with Crippen LogP contribution in [0.5, 0.6) is 0 Å². The lowest BCUT2D eigenvalue weighted by Crippen LogP contribution is -2.22. The van der Waals surface area contributed by atoms with Crippen molar-refractivity contribution >= 4 is 40.8 Å². The highest BCUT2D eigenvalue weighted by atomic mass is 35.5. The number of nitrogens with one attached hydrogen (secondary N) is 1. The van der Waals surface area contributed by atoms with Crippen LogP contribution >= 0.6 is 23.4 Å². The van der Waals surface area contributed by atoms with Gasteiger partial charge in [0.25, 0.3) is 0 Å². The summed E-state index contributed by atoms with van der Waals surface area (Å²) in [4.78, 5) is 16.8. The van der Waals surface area contributed by atoms with Gasteiger partial charge in [0, 0.05) is 16.3 Å². The van der Waals surface area contributed by atoms with Gasteiger partial charge >= 0.3 is 0 Å². The maximum atomic E-state index is 12.6. The average molecular weight is 434 g/mol. The van der Waals surface area contributed by atoms with Gasteiger partial charge in [-0.05, 0) is 36.8 Å². The van der Waals surface area contributed by atoms with Crippen LogP contribution in [0.2, 0.25) is 5.02 Å². The number of benzene rings is 2. The molecule has 0 aliphatic rings. The summed E-state index contributed by atoms with van der Waals surface area (Å²) in [5, 5.41) is 22.5. The Morgan fingerprint density at radius 3 is 2.33 bits per heavy atom. The molecular formula is C22H16ClN5OS. The fraction of sp³-hybridized carbons (Fsp3) is 0.0909. The van der Waals surface area contributed by atoms with E-state index in [-0.39, 0.29) is 27.9 Å². The molecule has 0 spiro atoms. The number of aromatic nitrogens is 1. The number of rotatable bonds is 5. The van der Waals surface area contributed by atoms with E-state index >= 15 is 0 Å². The Morgan fingerprint density at radius 1 is 1.10 bits per heavy atom. The number of hydrogen-bond acceptors (Lipinski definition) is 6. The summed E-state index contributed by atoms with van der Waals surface area (Å²) in [7, 11) is 0. The van der Waals surface area contributed by atoms with E-state index in [0.717, 1.165) is 11.8 Å². The maximum absolute atomic E-state index is 12.6. The van der Waals surface area contributed by atoms with E-state index < -0.39 is 5.25 Å². The van der Waals surface area contributed by atoms with Gasteiger partial charge in [-0.1, -0.05) is 53.7 Å². The fourth-order valence-electron chi connectivity index (χ4n) is 2.77. The second kappa shape index (κ2) is 9.32. The molecule has 3 rings (SSSR count). The van der Waals surface area contributed by atoms with E-state index in [1.165, 1.54) is 0 Å². The molecule has 2 aromatic carbocycles. The molecule has 0 bridgehead atoms. The number of nitrogen functional groups attached to an aromatic ring is 1. The smallest absolute Gasteiger partial charge is 0.237 e. The van der Waals surface area contributed by atoms with Crippen molar-refractivity contribution in [1.29, 1.82) is 10.5 Å². The lowest BCUT2D eigenvalue weighted by atomic mass is 9.97. The number of pyridine rings is 1. The average Bonchev–Trinajstić information content (AvgIpc) is 2.74. The molecule has 0 saturated carbocycles. The van der Waals surface area contributed by atoms with E-state index in [1.54, 1.807) is 43.3 Å². The number of anilines is 2. The van der Waals surface area contributed by atoms with Crippen molar-refractivity contribution in [2.24, 2.45) is 0 Å². The van der Waals surface area contributed by atoms with Gasteiger partial charge < -0.3 is 11.1 Å². The number of carbonyl (C=O) groups excluding carboxylic acids is 1. The van der Waals surface area contributed by atoms with Gasteiger partial charge in [0.1, 0.15) is 28.5 Å². The summed E-state index contributed by atoms with van der Waals surface area (Å²) < 4.78 is 0. The summed E-state index contributed by atoms with van der Waals surface area (Å²) in [6.45, 7) is 1.71. The number of nitrogens with zero attached hydrogens (tertiary/aromatic N) is 3. The number of para-hydroxylation sites is 1. The summed E-state index contributed by atoms with van der Waals surface area (Å²) in [6.07, 6.45) is 0. The number of carbonyl (C=O) groups is 1. The highest BCUT2D eigenvalue weighted by molar-refractivity contribution is 8.00. The van der Waals surface area contributed by atoms with Crippen molar-refractivity contribution in [3.05, 3.63) is 70.7 Å². The van der Waals surface area contributed by atoms with Crippen molar-refractivity contribution < 1.29 is 4.79 Å². The van der Waals surface area contributed by atoms with Gasteiger partial charge in [0.2, 0.25) is 5.91 Å². The second-order valence-corrected chi connectivity index (χ2v) is 8.04. The molecule has 148 valence electrons. The molecule has 0 fully saturated rings. The van der Waals surface area contributed by atoms with Gasteiger partial charge in [-0.25, -0.2) is 4.98 Å². The van der Waals surface area contributed by atoms with Crippen LogP contribution in [-0.4, -0.2) is 16.1 Å². The van der Waals surface area contributed by atoms with Crippen LogP contribution in [0.1, 0.15) is 18.1 Å². The molecule has 0 aliphatic carbocycles. The fourth-order valence-corrected chi connectivity index (χ4v) is 3.82. The van der Waals surface area contributed by atoms with E-state index in [0.29, 0.717) is 21.8 Å². The Balaban J connectivity index is 1.99. The highest BCUT2D eigenvalue weighted by Crippen LogP contribution is 2.37. The third-order valence-corrected chi connectivity index (χ3v) is 5.59. The third kappa shape index (κ3) is 4.55. The molecule has 3 aromatic rings. The number of halogens is 1. The van der Waals surface area contributed by atoms with Crippen LogP contribution in [0.25, 0.3) is 11.1 Å². The number of nitriles is 2. The van der Waals surface area contributed by atoms with Crippen LogP contribution in [-0.2, 0) is 4.79 Å². The van der Waals surface area contributed by atoms with Gasteiger partial charge in [0.15, 0.2) is 0 Å². The standard InChI is InChI=1S/C22H16ClN5OS/c1-13(21(29)27-16-5-3-2-4-6-16)30-22-18(12-25)19(17(11-24)20(26)28-22)14-7-9-15(23)10-8-14/h2-10,13H,1H3,(H2,26,28)(H,27,29). The summed E-state index contributed by atoms with van der Waals surface area (Å²) in [5.41, 5.74) is 7.98. The van der Waals surface area contributed by atoms with Crippen LogP contribution in [0, 0.1) is 22.7 Å². The van der Waals surface area contributed by atoms with Crippen LogP contribution in [0.4, 0.5) is 11.5 Å². The zero-order chi connectivity index (χ0) is 21.7. The molecule has 0 radical (unpaired) electrons. The quantitative estimate of drug-likeness (QED) is 0.556. The minimum absolute atomic E-state index is 0.000354. The summed E-state index contributed by atoms with van der Waals surface area (Å²) in [5.74, 6) is -0.243. The first-order valence-electron chi connectivity index (χ1n) is 8.86. The summed E-state index contributed by atoms with van der Waals surface area (Å²) in [6, 6.07) is 20.0. The van der Waals surface area contributed by atoms with Crippen molar-refractivity contribution in [3.63, 3.8) is 0 Å². The molecule has 3 N–H and O–H groups in total. The number of amides is 1. The van der Waals surface area contributed by atoms with E-state index in [4.69, 9.17) is 17.3 Å². The Bertz CT molecular complexity index is 1170. The number of thioether (sulfide) groups is 1. The zero-order valence-electron chi connectivity index (χ0n) is 15.9. The number of hydrogen-bond donors (Lipinski definition) is 2. The summed E-state index contributed by atoms with van der Waals surface area (Å²) >= 11 is 7.07. The minimum atomic E-state index is -0.560. The molecule has 1 amide bonds. The molecule has 6 nitrogen and oxygen atoms in total. The SMILES string of the molecule is CC(Sc1nc(N)c(C#N)c(-c2ccc(Cl)cc2)c1C#N)C(=O)Nc1ccccc1.